The first-order valence-electron chi connectivity index (χ1n) is 5.40. The van der Waals surface area contributed by atoms with Crippen molar-refractivity contribution in [3.05, 3.63) is 42.0 Å². The van der Waals surface area contributed by atoms with Gasteiger partial charge < -0.3 is 0 Å². The number of rotatable bonds is 2. The predicted octanol–water partition coefficient (Wildman–Crippen LogP) is 2.53. The number of pyridine rings is 1. The van der Waals surface area contributed by atoms with Gasteiger partial charge in [0.1, 0.15) is 11.8 Å². The monoisotopic (exact) mass is 224 g/mol. The average Bonchev–Trinajstić information content (AvgIpc) is 2.39. The van der Waals surface area contributed by atoms with Gasteiger partial charge in [-0.2, -0.15) is 5.26 Å². The van der Waals surface area contributed by atoms with Crippen molar-refractivity contribution in [2.24, 2.45) is 0 Å². The van der Waals surface area contributed by atoms with Gasteiger partial charge in [0.25, 0.3) is 0 Å². The van der Waals surface area contributed by atoms with Crippen LogP contribution in [0.2, 0.25) is 0 Å². The number of nitrogens with zero attached hydrogens (tertiary/aromatic N) is 4. The van der Waals surface area contributed by atoms with E-state index < -0.39 is 0 Å². The largest absolute Gasteiger partial charge is 0.257 e. The van der Waals surface area contributed by atoms with Crippen molar-refractivity contribution < 1.29 is 0 Å². The second kappa shape index (κ2) is 4.71. The van der Waals surface area contributed by atoms with Gasteiger partial charge in [0, 0.05) is 18.6 Å². The Kier molecular flexibility index (Phi) is 3.10. The summed E-state index contributed by atoms with van der Waals surface area (Å²) < 4.78 is 0. The third-order valence-corrected chi connectivity index (χ3v) is 2.41. The minimum absolute atomic E-state index is 0.288. The van der Waals surface area contributed by atoms with Gasteiger partial charge in [-0.3, -0.25) is 15.0 Å². The fourth-order valence-corrected chi connectivity index (χ4v) is 1.57. The molecule has 0 bridgehead atoms. The van der Waals surface area contributed by atoms with Gasteiger partial charge in [-0.15, -0.1) is 0 Å². The normalized spacial score (nSPS) is 10.2. The highest BCUT2D eigenvalue weighted by Crippen LogP contribution is 2.23. The van der Waals surface area contributed by atoms with Crippen LogP contribution >= 0.6 is 0 Å². The van der Waals surface area contributed by atoms with Gasteiger partial charge in [-0.1, -0.05) is 13.8 Å². The van der Waals surface area contributed by atoms with E-state index in [0.717, 1.165) is 17.1 Å². The Morgan fingerprint density at radius 1 is 1.12 bits per heavy atom. The first-order chi connectivity index (χ1) is 8.22. The van der Waals surface area contributed by atoms with Crippen LogP contribution in [0.3, 0.4) is 0 Å². The molecule has 0 N–H and O–H groups in total. The summed E-state index contributed by atoms with van der Waals surface area (Å²) in [5.74, 6) is 0.288. The van der Waals surface area contributed by atoms with Gasteiger partial charge in [-0.25, -0.2) is 0 Å². The summed E-state index contributed by atoms with van der Waals surface area (Å²) in [6.45, 7) is 4.13. The maximum absolute atomic E-state index is 8.72. The molecule has 2 aromatic heterocycles. The summed E-state index contributed by atoms with van der Waals surface area (Å²) in [7, 11) is 0. The molecule has 0 aliphatic heterocycles. The van der Waals surface area contributed by atoms with Gasteiger partial charge in [0.15, 0.2) is 0 Å². The van der Waals surface area contributed by atoms with Crippen LogP contribution in [0.5, 0.6) is 0 Å². The molecule has 0 aliphatic carbocycles. The molecule has 84 valence electrons. The van der Waals surface area contributed by atoms with Crippen LogP contribution in [-0.4, -0.2) is 15.0 Å². The van der Waals surface area contributed by atoms with Crippen LogP contribution in [0.4, 0.5) is 0 Å². The van der Waals surface area contributed by atoms with E-state index in [1.807, 2.05) is 6.07 Å². The molecule has 0 radical (unpaired) electrons. The lowest BCUT2D eigenvalue weighted by Gasteiger charge is -2.09. The van der Waals surface area contributed by atoms with E-state index in [-0.39, 0.29) is 5.92 Å². The third kappa shape index (κ3) is 2.28. The Balaban J connectivity index is 2.49. The minimum Gasteiger partial charge on any atom is -0.257 e. The third-order valence-electron chi connectivity index (χ3n) is 2.41. The van der Waals surface area contributed by atoms with E-state index in [0.29, 0.717) is 5.56 Å². The van der Waals surface area contributed by atoms with Crippen molar-refractivity contribution >= 4 is 0 Å². The zero-order valence-electron chi connectivity index (χ0n) is 9.75. The van der Waals surface area contributed by atoms with Crippen molar-refractivity contribution in [3.8, 4) is 17.5 Å². The zero-order valence-corrected chi connectivity index (χ0v) is 9.75. The number of nitriles is 1. The van der Waals surface area contributed by atoms with Gasteiger partial charge in [0.2, 0.25) is 0 Å². The second-order valence-corrected chi connectivity index (χ2v) is 3.99. The summed E-state index contributed by atoms with van der Waals surface area (Å²) in [6.07, 6.45) is 4.89. The maximum Gasteiger partial charge on any atom is 0.110 e. The smallest absolute Gasteiger partial charge is 0.110 e. The fourth-order valence-electron chi connectivity index (χ4n) is 1.57. The Morgan fingerprint density at radius 3 is 2.47 bits per heavy atom. The van der Waals surface area contributed by atoms with Crippen LogP contribution in [0, 0.1) is 11.3 Å². The highest BCUT2D eigenvalue weighted by Gasteiger charge is 2.11. The van der Waals surface area contributed by atoms with E-state index in [9.17, 15) is 0 Å². The topological polar surface area (TPSA) is 62.5 Å². The summed E-state index contributed by atoms with van der Waals surface area (Å²) in [5, 5.41) is 8.72. The lowest BCUT2D eigenvalue weighted by molar-refractivity contribution is 0.814. The standard InChI is InChI=1S/C13H12N4/c1-9(2)12-13(16-6-5-15-12)11-4-3-10(7-14)8-17-11/h3-6,8-9H,1-2H3. The molecule has 0 aliphatic rings. The molecule has 4 nitrogen and oxygen atoms in total. The molecule has 0 spiro atoms. The van der Waals surface area contributed by atoms with Crippen LogP contribution < -0.4 is 0 Å². The first kappa shape index (κ1) is 11.2. The fraction of sp³-hybridized carbons (Fsp3) is 0.231. The van der Waals surface area contributed by atoms with E-state index in [4.69, 9.17) is 5.26 Å². The van der Waals surface area contributed by atoms with Crippen molar-refractivity contribution in [1.29, 1.82) is 5.26 Å². The van der Waals surface area contributed by atoms with E-state index in [1.165, 1.54) is 0 Å². The molecule has 0 saturated heterocycles. The van der Waals surface area contributed by atoms with Crippen LogP contribution in [-0.2, 0) is 0 Å². The highest BCUT2D eigenvalue weighted by molar-refractivity contribution is 5.57. The van der Waals surface area contributed by atoms with Crippen LogP contribution in [0.15, 0.2) is 30.7 Å². The van der Waals surface area contributed by atoms with Gasteiger partial charge >= 0.3 is 0 Å². The number of hydrogen-bond acceptors (Lipinski definition) is 4. The summed E-state index contributed by atoms with van der Waals surface area (Å²) >= 11 is 0. The Labute approximate surface area is 100.0 Å². The molecule has 0 saturated carbocycles. The number of hydrogen-bond donors (Lipinski definition) is 0. The van der Waals surface area contributed by atoms with Crippen molar-refractivity contribution in [2.45, 2.75) is 19.8 Å². The molecule has 0 amide bonds. The molecule has 0 atom stereocenters. The molecule has 4 heteroatoms. The second-order valence-electron chi connectivity index (χ2n) is 3.99. The summed E-state index contributed by atoms with van der Waals surface area (Å²) in [4.78, 5) is 12.9. The molecule has 0 fully saturated rings. The molecule has 0 aromatic carbocycles. The minimum atomic E-state index is 0.288. The molecular weight excluding hydrogens is 212 g/mol. The Morgan fingerprint density at radius 2 is 1.88 bits per heavy atom. The molecule has 2 aromatic rings. The Hall–Kier alpha value is -2.28. The lowest BCUT2D eigenvalue weighted by Crippen LogP contribution is -2.00. The SMILES string of the molecule is CC(C)c1nccnc1-c1ccc(C#N)cn1. The predicted molar refractivity (Wildman–Crippen MR) is 64.1 cm³/mol. The van der Waals surface area contributed by atoms with Gasteiger partial charge in [-0.05, 0) is 18.1 Å². The highest BCUT2D eigenvalue weighted by atomic mass is 14.8. The molecule has 2 heterocycles. The van der Waals surface area contributed by atoms with Crippen LogP contribution in [0.1, 0.15) is 31.0 Å². The summed E-state index contributed by atoms with van der Waals surface area (Å²) in [5.41, 5.74) is 3.00. The van der Waals surface area contributed by atoms with E-state index in [1.54, 1.807) is 30.7 Å². The molecule has 2 rings (SSSR count). The van der Waals surface area contributed by atoms with Crippen molar-refractivity contribution in [2.75, 3.05) is 0 Å². The Bertz CT molecular complexity index is 552. The number of aromatic nitrogens is 3. The van der Waals surface area contributed by atoms with E-state index in [2.05, 4.69) is 28.8 Å². The maximum atomic E-state index is 8.72. The molecule has 17 heavy (non-hydrogen) atoms. The zero-order chi connectivity index (χ0) is 12.3. The van der Waals surface area contributed by atoms with E-state index >= 15 is 0 Å². The average molecular weight is 224 g/mol. The van der Waals surface area contributed by atoms with Crippen LogP contribution in [0.25, 0.3) is 11.4 Å². The quantitative estimate of drug-likeness (QED) is 0.786. The molecule has 0 unspecified atom stereocenters. The van der Waals surface area contributed by atoms with Gasteiger partial charge in [0.05, 0.1) is 17.0 Å². The molecular formula is C13H12N4. The van der Waals surface area contributed by atoms with Crippen molar-refractivity contribution in [1.82, 2.24) is 15.0 Å². The lowest BCUT2D eigenvalue weighted by atomic mass is 10.1. The first-order valence-corrected chi connectivity index (χ1v) is 5.40. The van der Waals surface area contributed by atoms with Crippen molar-refractivity contribution in [3.63, 3.8) is 0 Å². The summed E-state index contributed by atoms with van der Waals surface area (Å²) in [6, 6.07) is 5.58.